The van der Waals surface area contributed by atoms with Crippen LogP contribution in [0.4, 0.5) is 0 Å². The third kappa shape index (κ3) is 3.49. The van der Waals surface area contributed by atoms with Crippen LogP contribution >= 0.6 is 0 Å². The Morgan fingerprint density at radius 2 is 2.19 bits per heavy atom. The highest BCUT2D eigenvalue weighted by Gasteiger charge is 2.36. The zero-order chi connectivity index (χ0) is 15.5. The Kier molecular flexibility index (Phi) is 5.09. The fraction of sp³-hybridized carbons (Fsp3) is 0.706. The number of hydrogen-bond acceptors (Lipinski definition) is 2. The molecule has 4 heteroatoms. The summed E-state index contributed by atoms with van der Waals surface area (Å²) in [5, 5.41) is 0. The van der Waals surface area contributed by atoms with Crippen LogP contribution in [0.1, 0.15) is 64.1 Å². The molecule has 1 aromatic rings. The predicted molar refractivity (Wildman–Crippen MR) is 85.8 cm³/mol. The van der Waals surface area contributed by atoms with Crippen molar-refractivity contribution in [3.05, 3.63) is 24.0 Å². The molecule has 0 spiro atoms. The molecule has 1 aliphatic heterocycles. The molecule has 1 fully saturated rings. The Morgan fingerprint density at radius 3 is 2.81 bits per heavy atom. The van der Waals surface area contributed by atoms with E-state index in [1.54, 1.807) is 0 Å². The third-order valence-corrected chi connectivity index (χ3v) is 4.60. The summed E-state index contributed by atoms with van der Waals surface area (Å²) < 4.78 is 2.13. The summed E-state index contributed by atoms with van der Waals surface area (Å²) >= 11 is 0. The van der Waals surface area contributed by atoms with Gasteiger partial charge in [-0.05, 0) is 38.3 Å². The van der Waals surface area contributed by atoms with E-state index in [-0.39, 0.29) is 11.9 Å². The van der Waals surface area contributed by atoms with E-state index in [9.17, 15) is 4.79 Å². The lowest BCUT2D eigenvalue weighted by Gasteiger charge is -2.36. The Hall–Kier alpha value is -1.29. The van der Waals surface area contributed by atoms with Crippen LogP contribution in [0, 0.1) is 0 Å². The lowest BCUT2D eigenvalue weighted by atomic mass is 9.94. The molecule has 1 aromatic heterocycles. The largest absolute Gasteiger partial charge is 0.353 e. The Morgan fingerprint density at radius 1 is 1.43 bits per heavy atom. The van der Waals surface area contributed by atoms with Crippen molar-refractivity contribution in [1.82, 2.24) is 9.47 Å². The maximum atomic E-state index is 13.0. The van der Waals surface area contributed by atoms with Gasteiger partial charge in [0, 0.05) is 25.5 Å². The Labute approximate surface area is 128 Å². The summed E-state index contributed by atoms with van der Waals surface area (Å²) in [6.45, 7) is 4.78. The lowest BCUT2D eigenvalue weighted by Crippen LogP contribution is -2.54. The van der Waals surface area contributed by atoms with Crippen molar-refractivity contribution in [2.24, 2.45) is 12.8 Å². The SMILES string of the molecule is CCCC(C)(N)C(=O)N1CCCCCC1c1cccn1C. The van der Waals surface area contributed by atoms with Gasteiger partial charge in [-0.2, -0.15) is 0 Å². The maximum absolute atomic E-state index is 13.0. The van der Waals surface area contributed by atoms with E-state index < -0.39 is 5.54 Å². The summed E-state index contributed by atoms with van der Waals surface area (Å²) in [6.07, 6.45) is 8.20. The summed E-state index contributed by atoms with van der Waals surface area (Å²) in [5.41, 5.74) is 6.78. The minimum absolute atomic E-state index is 0.109. The standard InChI is InChI=1S/C17H29N3O/c1-4-11-17(2,18)16(21)20-13-7-5-6-9-15(20)14-10-8-12-19(14)3/h8,10,12,15H,4-7,9,11,13,18H2,1-3H3. The number of aryl methyl sites for hydroxylation is 1. The van der Waals surface area contributed by atoms with Crippen molar-refractivity contribution in [1.29, 1.82) is 0 Å². The number of nitrogens with zero attached hydrogens (tertiary/aromatic N) is 2. The molecule has 2 rings (SSSR count). The summed E-state index contributed by atoms with van der Waals surface area (Å²) in [6, 6.07) is 4.35. The van der Waals surface area contributed by atoms with Crippen LogP contribution in [0.3, 0.4) is 0 Å². The molecule has 0 saturated carbocycles. The molecule has 0 aromatic carbocycles. The maximum Gasteiger partial charge on any atom is 0.242 e. The molecular formula is C17H29N3O. The van der Waals surface area contributed by atoms with Gasteiger partial charge in [0.15, 0.2) is 0 Å². The number of nitrogens with two attached hydrogens (primary N) is 1. The van der Waals surface area contributed by atoms with E-state index >= 15 is 0 Å². The first-order chi connectivity index (χ1) is 9.97. The minimum Gasteiger partial charge on any atom is -0.353 e. The molecule has 0 radical (unpaired) electrons. The number of rotatable bonds is 4. The number of aromatic nitrogens is 1. The minimum atomic E-state index is -0.748. The molecule has 1 aliphatic rings. The van der Waals surface area contributed by atoms with Gasteiger partial charge < -0.3 is 15.2 Å². The number of likely N-dealkylation sites (tertiary alicyclic amines) is 1. The van der Waals surface area contributed by atoms with E-state index in [1.165, 1.54) is 18.5 Å². The third-order valence-electron chi connectivity index (χ3n) is 4.60. The highest BCUT2D eigenvalue weighted by atomic mass is 16.2. The number of hydrogen-bond donors (Lipinski definition) is 1. The zero-order valence-corrected chi connectivity index (χ0v) is 13.6. The molecule has 1 amide bonds. The second-order valence-corrected chi connectivity index (χ2v) is 6.58. The molecule has 21 heavy (non-hydrogen) atoms. The predicted octanol–water partition coefficient (Wildman–Crippen LogP) is 2.99. The first kappa shape index (κ1) is 16.1. The van der Waals surface area contributed by atoms with Gasteiger partial charge in [0.1, 0.15) is 0 Å². The Balaban J connectivity index is 2.28. The van der Waals surface area contributed by atoms with Crippen LogP contribution in [0.15, 0.2) is 18.3 Å². The average molecular weight is 291 g/mol. The number of carbonyl (C=O) groups is 1. The van der Waals surface area contributed by atoms with Crippen molar-refractivity contribution in [2.45, 2.75) is 64.0 Å². The summed E-state index contributed by atoms with van der Waals surface area (Å²) in [4.78, 5) is 15.0. The molecule has 2 atom stereocenters. The Bertz CT molecular complexity index is 478. The van der Waals surface area contributed by atoms with Crippen LogP contribution in [-0.4, -0.2) is 27.5 Å². The van der Waals surface area contributed by atoms with Crippen molar-refractivity contribution in [3.8, 4) is 0 Å². The van der Waals surface area contributed by atoms with Crippen LogP contribution in [0.5, 0.6) is 0 Å². The van der Waals surface area contributed by atoms with Gasteiger partial charge in [-0.3, -0.25) is 4.79 Å². The molecule has 2 N–H and O–H groups in total. The van der Waals surface area contributed by atoms with E-state index in [2.05, 4.69) is 36.9 Å². The van der Waals surface area contributed by atoms with Crippen molar-refractivity contribution in [2.75, 3.05) is 6.54 Å². The van der Waals surface area contributed by atoms with Crippen molar-refractivity contribution < 1.29 is 4.79 Å². The van der Waals surface area contributed by atoms with Crippen molar-refractivity contribution >= 4 is 5.91 Å². The van der Waals surface area contributed by atoms with Gasteiger partial charge in [0.2, 0.25) is 5.91 Å². The average Bonchev–Trinajstić information content (AvgIpc) is 2.72. The molecule has 2 unspecified atom stereocenters. The topological polar surface area (TPSA) is 51.3 Å². The molecule has 118 valence electrons. The summed E-state index contributed by atoms with van der Waals surface area (Å²) in [5.74, 6) is 0.109. The molecule has 0 bridgehead atoms. The smallest absolute Gasteiger partial charge is 0.242 e. The molecule has 1 saturated heterocycles. The van der Waals surface area contributed by atoms with Gasteiger partial charge >= 0.3 is 0 Å². The van der Waals surface area contributed by atoms with Gasteiger partial charge in [-0.1, -0.05) is 26.2 Å². The first-order valence-corrected chi connectivity index (χ1v) is 8.18. The van der Waals surface area contributed by atoms with Gasteiger partial charge in [0.25, 0.3) is 0 Å². The lowest BCUT2D eigenvalue weighted by molar-refractivity contribution is -0.139. The van der Waals surface area contributed by atoms with Gasteiger partial charge in [0.05, 0.1) is 11.6 Å². The number of carbonyl (C=O) groups excluding carboxylic acids is 1. The van der Waals surface area contributed by atoms with Crippen LogP contribution in [0.25, 0.3) is 0 Å². The quantitative estimate of drug-likeness (QED) is 0.927. The molecule has 0 aliphatic carbocycles. The number of amides is 1. The van der Waals surface area contributed by atoms with E-state index in [0.29, 0.717) is 0 Å². The van der Waals surface area contributed by atoms with Crippen LogP contribution in [0.2, 0.25) is 0 Å². The van der Waals surface area contributed by atoms with Crippen LogP contribution < -0.4 is 5.73 Å². The fourth-order valence-electron chi connectivity index (χ4n) is 3.43. The van der Waals surface area contributed by atoms with Gasteiger partial charge in [-0.15, -0.1) is 0 Å². The van der Waals surface area contributed by atoms with Gasteiger partial charge in [-0.25, -0.2) is 0 Å². The summed E-state index contributed by atoms with van der Waals surface area (Å²) in [7, 11) is 2.05. The van der Waals surface area contributed by atoms with Crippen molar-refractivity contribution in [3.63, 3.8) is 0 Å². The second-order valence-electron chi connectivity index (χ2n) is 6.58. The molecule has 4 nitrogen and oxygen atoms in total. The van der Waals surface area contributed by atoms with E-state index in [4.69, 9.17) is 5.73 Å². The zero-order valence-electron chi connectivity index (χ0n) is 13.6. The highest BCUT2D eigenvalue weighted by molar-refractivity contribution is 5.86. The molecular weight excluding hydrogens is 262 g/mol. The van der Waals surface area contributed by atoms with E-state index in [1.807, 2.05) is 11.8 Å². The molecule has 2 heterocycles. The monoisotopic (exact) mass is 291 g/mol. The van der Waals surface area contributed by atoms with Crippen LogP contribution in [-0.2, 0) is 11.8 Å². The first-order valence-electron chi connectivity index (χ1n) is 8.18. The fourth-order valence-corrected chi connectivity index (χ4v) is 3.43. The second kappa shape index (κ2) is 6.65. The highest BCUT2D eigenvalue weighted by Crippen LogP contribution is 2.32. The van der Waals surface area contributed by atoms with E-state index in [0.717, 1.165) is 32.2 Å². The normalized spacial score (nSPS) is 22.7.